The van der Waals surface area contributed by atoms with Gasteiger partial charge in [0.25, 0.3) is 15.9 Å². The lowest BCUT2D eigenvalue weighted by Gasteiger charge is -2.30. The van der Waals surface area contributed by atoms with E-state index in [0.717, 1.165) is 37.4 Å². The molecule has 0 bridgehead atoms. The first-order valence-electron chi connectivity index (χ1n) is 12.0. The van der Waals surface area contributed by atoms with E-state index in [9.17, 15) is 13.2 Å². The number of hydrogen-bond donors (Lipinski definition) is 1. The van der Waals surface area contributed by atoms with E-state index < -0.39 is 10.0 Å². The van der Waals surface area contributed by atoms with Crippen LogP contribution in [0.2, 0.25) is 0 Å². The van der Waals surface area contributed by atoms with E-state index in [4.69, 9.17) is 4.74 Å². The maximum atomic E-state index is 13.3. The number of piperidine rings is 1. The Morgan fingerprint density at radius 2 is 1.97 bits per heavy atom. The molecule has 0 aromatic heterocycles. The lowest BCUT2D eigenvalue weighted by atomic mass is 10.0. The maximum absolute atomic E-state index is 13.3. The van der Waals surface area contributed by atoms with Crippen molar-refractivity contribution in [3.63, 3.8) is 0 Å². The van der Waals surface area contributed by atoms with Crippen molar-refractivity contribution >= 4 is 21.6 Å². The molecule has 0 aliphatic carbocycles. The average Bonchev–Trinajstić information content (AvgIpc) is 2.83. The van der Waals surface area contributed by atoms with Crippen LogP contribution in [0.1, 0.15) is 48.5 Å². The molecule has 1 aliphatic heterocycles. The van der Waals surface area contributed by atoms with Crippen molar-refractivity contribution in [2.45, 2.75) is 44.4 Å². The minimum atomic E-state index is -3.88. The Labute approximate surface area is 204 Å². The Bertz CT molecular complexity index is 1090. The van der Waals surface area contributed by atoms with E-state index in [2.05, 4.69) is 17.1 Å². The highest BCUT2D eigenvalue weighted by molar-refractivity contribution is 7.92. The number of anilines is 1. The molecule has 186 valence electrons. The van der Waals surface area contributed by atoms with Gasteiger partial charge in [0.1, 0.15) is 5.75 Å². The lowest BCUT2D eigenvalue weighted by Crippen LogP contribution is -2.35. The standard InChI is InChI=1S/C26H37N3O4S/c1-20-10-9-17-29(19-20)16-8-7-15-27-26(30)23-18-22(14-13-21(23)2)34(31,32)28(3)24-11-5-6-12-25(24)33-4/h5-6,11-14,18,20H,7-10,15-17,19H2,1-4H3,(H,27,30). The molecule has 2 aromatic rings. The van der Waals surface area contributed by atoms with Crippen molar-refractivity contribution in [1.82, 2.24) is 10.2 Å². The molecule has 2 aromatic carbocycles. The number of rotatable bonds is 10. The number of benzene rings is 2. The van der Waals surface area contributed by atoms with Gasteiger partial charge in [-0.2, -0.15) is 0 Å². The fourth-order valence-electron chi connectivity index (χ4n) is 4.43. The quantitative estimate of drug-likeness (QED) is 0.511. The Kier molecular flexibility index (Phi) is 8.97. The molecule has 34 heavy (non-hydrogen) atoms. The van der Waals surface area contributed by atoms with E-state index in [1.807, 2.05) is 6.92 Å². The number of carbonyl (C=O) groups excluding carboxylic acids is 1. The summed E-state index contributed by atoms with van der Waals surface area (Å²) in [6.07, 6.45) is 4.51. The monoisotopic (exact) mass is 487 g/mol. The first-order valence-corrected chi connectivity index (χ1v) is 13.4. The summed E-state index contributed by atoms with van der Waals surface area (Å²) in [5, 5.41) is 2.96. The molecule has 1 N–H and O–H groups in total. The number of nitrogens with zero attached hydrogens (tertiary/aromatic N) is 2. The number of nitrogens with one attached hydrogen (secondary N) is 1. The highest BCUT2D eigenvalue weighted by Crippen LogP contribution is 2.31. The average molecular weight is 488 g/mol. The molecule has 0 spiro atoms. The molecular formula is C26H37N3O4S. The van der Waals surface area contributed by atoms with Gasteiger partial charge in [-0.3, -0.25) is 9.10 Å². The predicted octanol–water partition coefficient (Wildman–Crippen LogP) is 4.07. The van der Waals surface area contributed by atoms with E-state index in [-0.39, 0.29) is 10.8 Å². The molecule has 1 aliphatic rings. The highest BCUT2D eigenvalue weighted by atomic mass is 32.2. The summed E-state index contributed by atoms with van der Waals surface area (Å²) in [7, 11) is -0.893. The van der Waals surface area contributed by atoms with E-state index in [1.54, 1.807) is 30.3 Å². The molecule has 1 heterocycles. The summed E-state index contributed by atoms with van der Waals surface area (Å²) in [6, 6.07) is 11.6. The van der Waals surface area contributed by atoms with Crippen molar-refractivity contribution in [1.29, 1.82) is 0 Å². The number of methoxy groups -OCH3 is 1. The second-order valence-corrected chi connectivity index (χ2v) is 11.1. The summed E-state index contributed by atoms with van der Waals surface area (Å²) in [5.41, 5.74) is 1.54. The smallest absolute Gasteiger partial charge is 0.264 e. The van der Waals surface area contributed by atoms with Crippen LogP contribution in [0.25, 0.3) is 0 Å². The van der Waals surface area contributed by atoms with Crippen molar-refractivity contribution in [2.24, 2.45) is 5.92 Å². The molecule has 3 rings (SSSR count). The highest BCUT2D eigenvalue weighted by Gasteiger charge is 2.25. The number of amides is 1. The van der Waals surface area contributed by atoms with E-state index >= 15 is 0 Å². The zero-order valence-electron chi connectivity index (χ0n) is 20.7. The third kappa shape index (κ3) is 6.30. The molecule has 8 heteroatoms. The third-order valence-corrected chi connectivity index (χ3v) is 8.23. The number of unbranched alkanes of at least 4 members (excludes halogenated alkanes) is 1. The molecular weight excluding hydrogens is 450 g/mol. The van der Waals surface area contributed by atoms with Crippen LogP contribution in [-0.2, 0) is 10.0 Å². The van der Waals surface area contributed by atoms with Gasteiger partial charge >= 0.3 is 0 Å². The van der Waals surface area contributed by atoms with E-state index in [1.165, 1.54) is 50.0 Å². The number of likely N-dealkylation sites (tertiary alicyclic amines) is 1. The van der Waals surface area contributed by atoms with Gasteiger partial charge < -0.3 is 15.0 Å². The zero-order valence-corrected chi connectivity index (χ0v) is 21.5. The minimum absolute atomic E-state index is 0.0656. The minimum Gasteiger partial charge on any atom is -0.495 e. The van der Waals surface area contributed by atoms with Gasteiger partial charge in [0.15, 0.2) is 0 Å². The number of sulfonamides is 1. The zero-order chi connectivity index (χ0) is 24.7. The second kappa shape index (κ2) is 11.7. The summed E-state index contributed by atoms with van der Waals surface area (Å²) in [5.74, 6) is 0.973. The first-order chi connectivity index (χ1) is 16.2. The van der Waals surface area contributed by atoms with Gasteiger partial charge in [-0.1, -0.05) is 25.1 Å². The van der Waals surface area contributed by atoms with Crippen LogP contribution >= 0.6 is 0 Å². The van der Waals surface area contributed by atoms with Crippen molar-refractivity contribution < 1.29 is 17.9 Å². The molecule has 1 amide bonds. The first kappa shape index (κ1) is 26.0. The van der Waals surface area contributed by atoms with Gasteiger partial charge in [-0.25, -0.2) is 8.42 Å². The molecule has 0 saturated carbocycles. The van der Waals surface area contributed by atoms with Crippen molar-refractivity contribution in [3.8, 4) is 5.75 Å². The molecule has 1 unspecified atom stereocenters. The topological polar surface area (TPSA) is 78.9 Å². The summed E-state index contributed by atoms with van der Waals surface area (Å²) >= 11 is 0. The third-order valence-electron chi connectivity index (χ3n) is 6.46. The summed E-state index contributed by atoms with van der Waals surface area (Å²) in [4.78, 5) is 15.4. The van der Waals surface area contributed by atoms with Crippen LogP contribution in [0.5, 0.6) is 5.75 Å². The molecule has 1 fully saturated rings. The van der Waals surface area contributed by atoms with Crippen molar-refractivity contribution in [3.05, 3.63) is 53.6 Å². The molecule has 0 radical (unpaired) electrons. The summed E-state index contributed by atoms with van der Waals surface area (Å²) in [6.45, 7) is 8.07. The van der Waals surface area contributed by atoms with Gasteiger partial charge in [0.2, 0.25) is 0 Å². The number of carbonyl (C=O) groups is 1. The van der Waals surface area contributed by atoms with Gasteiger partial charge in [-0.15, -0.1) is 0 Å². The van der Waals surface area contributed by atoms with E-state index in [0.29, 0.717) is 23.5 Å². The Hall–Kier alpha value is -2.58. The lowest BCUT2D eigenvalue weighted by molar-refractivity contribution is 0.0951. The van der Waals surface area contributed by atoms with Gasteiger partial charge in [0.05, 0.1) is 17.7 Å². The fourth-order valence-corrected chi connectivity index (χ4v) is 5.66. The van der Waals surface area contributed by atoms with Crippen LogP contribution in [0, 0.1) is 12.8 Å². The number of ether oxygens (including phenoxy) is 1. The van der Waals surface area contributed by atoms with Crippen LogP contribution in [0.4, 0.5) is 5.69 Å². The summed E-state index contributed by atoms with van der Waals surface area (Å²) < 4.78 is 33.1. The maximum Gasteiger partial charge on any atom is 0.264 e. The fraction of sp³-hybridized carbons (Fsp3) is 0.500. The molecule has 1 saturated heterocycles. The van der Waals surface area contributed by atoms with Crippen LogP contribution in [0.3, 0.4) is 0 Å². The number of hydrogen-bond acceptors (Lipinski definition) is 5. The van der Waals surface area contributed by atoms with Crippen LogP contribution in [0.15, 0.2) is 47.4 Å². The van der Waals surface area contributed by atoms with Crippen LogP contribution < -0.4 is 14.4 Å². The Balaban J connectivity index is 1.62. The second-order valence-electron chi connectivity index (χ2n) is 9.13. The van der Waals surface area contributed by atoms with Crippen LogP contribution in [-0.4, -0.2) is 59.6 Å². The van der Waals surface area contributed by atoms with Gasteiger partial charge in [0, 0.05) is 25.7 Å². The SMILES string of the molecule is COc1ccccc1N(C)S(=O)(=O)c1ccc(C)c(C(=O)NCCCCN2CCCC(C)C2)c1. The number of aryl methyl sites for hydroxylation is 1. The molecule has 1 atom stereocenters. The van der Waals surface area contributed by atoms with Crippen molar-refractivity contribution in [2.75, 3.05) is 44.6 Å². The van der Waals surface area contributed by atoms with Gasteiger partial charge in [-0.05, 0) is 81.4 Å². The number of para-hydroxylation sites is 2. The Morgan fingerprint density at radius 1 is 1.21 bits per heavy atom. The Morgan fingerprint density at radius 3 is 2.71 bits per heavy atom. The molecule has 7 nitrogen and oxygen atoms in total. The normalized spacial score (nSPS) is 16.8. The largest absolute Gasteiger partial charge is 0.495 e. The predicted molar refractivity (Wildman–Crippen MR) is 136 cm³/mol.